The van der Waals surface area contributed by atoms with Crippen molar-refractivity contribution >= 4 is 17.7 Å². The first-order chi connectivity index (χ1) is 10.6. The second-order valence-electron chi connectivity index (χ2n) is 6.12. The molecule has 0 radical (unpaired) electrons. The van der Waals surface area contributed by atoms with Gasteiger partial charge in [0.25, 0.3) is 0 Å². The molecule has 1 amide bonds. The Morgan fingerprint density at radius 3 is 3.05 bits per heavy atom. The Balaban J connectivity index is 1.65. The summed E-state index contributed by atoms with van der Waals surface area (Å²) in [7, 11) is 0. The first kappa shape index (κ1) is 15.8. The highest BCUT2D eigenvalue weighted by Gasteiger charge is 2.36. The number of benzene rings is 1. The van der Waals surface area contributed by atoms with Crippen molar-refractivity contribution in [1.29, 1.82) is 0 Å². The summed E-state index contributed by atoms with van der Waals surface area (Å²) in [5.74, 6) is 0.586. The highest BCUT2D eigenvalue weighted by Crippen LogP contribution is 2.36. The van der Waals surface area contributed by atoms with Gasteiger partial charge in [-0.1, -0.05) is 25.0 Å². The van der Waals surface area contributed by atoms with E-state index in [2.05, 4.69) is 0 Å². The van der Waals surface area contributed by atoms with E-state index in [0.29, 0.717) is 16.9 Å². The van der Waals surface area contributed by atoms with Gasteiger partial charge in [-0.25, -0.2) is 4.39 Å². The Kier molecular flexibility index (Phi) is 5.03. The van der Waals surface area contributed by atoms with Crippen molar-refractivity contribution in [2.24, 2.45) is 0 Å². The van der Waals surface area contributed by atoms with Crippen molar-refractivity contribution in [3.63, 3.8) is 0 Å². The summed E-state index contributed by atoms with van der Waals surface area (Å²) in [6.07, 6.45) is 3.79. The summed E-state index contributed by atoms with van der Waals surface area (Å²) in [4.78, 5) is 14.5. The van der Waals surface area contributed by atoms with Gasteiger partial charge in [-0.3, -0.25) is 4.79 Å². The number of aliphatic hydroxyl groups is 1. The van der Waals surface area contributed by atoms with Gasteiger partial charge >= 0.3 is 0 Å². The number of thioether (sulfide) groups is 1. The maximum atomic E-state index is 13.2. The summed E-state index contributed by atoms with van der Waals surface area (Å²) in [5, 5.41) is 10.8. The molecule has 0 spiro atoms. The summed E-state index contributed by atoms with van der Waals surface area (Å²) in [6, 6.07) is 6.18. The van der Waals surface area contributed by atoms with Crippen molar-refractivity contribution in [3.05, 3.63) is 35.6 Å². The van der Waals surface area contributed by atoms with Crippen molar-refractivity contribution in [3.8, 4) is 0 Å². The van der Waals surface area contributed by atoms with Gasteiger partial charge in [-0.05, 0) is 30.5 Å². The van der Waals surface area contributed by atoms with E-state index in [9.17, 15) is 14.3 Å². The molecular formula is C17H22FNO2S. The fourth-order valence-electron chi connectivity index (χ4n) is 3.52. The Morgan fingerprint density at radius 1 is 1.41 bits per heavy atom. The van der Waals surface area contributed by atoms with Crippen molar-refractivity contribution < 1.29 is 14.3 Å². The van der Waals surface area contributed by atoms with Crippen LogP contribution in [0.25, 0.3) is 0 Å². The van der Waals surface area contributed by atoms with Crippen molar-refractivity contribution in [2.45, 2.75) is 49.5 Å². The van der Waals surface area contributed by atoms with Gasteiger partial charge in [0.05, 0.1) is 12.5 Å². The van der Waals surface area contributed by atoms with Gasteiger partial charge in [-0.15, -0.1) is 0 Å². The smallest absolute Gasteiger partial charge is 0.225 e. The quantitative estimate of drug-likeness (QED) is 0.929. The Morgan fingerprint density at radius 2 is 2.23 bits per heavy atom. The highest BCUT2D eigenvalue weighted by molar-refractivity contribution is 8.00. The minimum atomic E-state index is -0.931. The molecule has 1 aromatic carbocycles. The third kappa shape index (κ3) is 3.46. The number of carbonyl (C=O) groups is 1. The average Bonchev–Trinajstić information content (AvgIpc) is 2.54. The molecule has 120 valence electrons. The van der Waals surface area contributed by atoms with Gasteiger partial charge in [-0.2, -0.15) is 11.8 Å². The summed E-state index contributed by atoms with van der Waals surface area (Å²) in [6.45, 7) is 0.764. The van der Waals surface area contributed by atoms with Crippen LogP contribution in [0.4, 0.5) is 4.39 Å². The third-order valence-electron chi connectivity index (χ3n) is 4.65. The predicted molar refractivity (Wildman–Crippen MR) is 86.2 cm³/mol. The average molecular weight is 323 g/mol. The van der Waals surface area contributed by atoms with Crippen LogP contribution in [0.1, 0.15) is 43.8 Å². The van der Waals surface area contributed by atoms with Gasteiger partial charge in [0.15, 0.2) is 0 Å². The van der Waals surface area contributed by atoms with E-state index < -0.39 is 6.10 Å². The van der Waals surface area contributed by atoms with E-state index in [1.165, 1.54) is 31.4 Å². The number of fused-ring (bicyclic) bond motifs is 1. The van der Waals surface area contributed by atoms with E-state index in [0.717, 1.165) is 18.7 Å². The SMILES string of the molecule is O=C(CC(O)c1cccc(F)c1)N1CCSC2CCCCC21. The monoisotopic (exact) mass is 323 g/mol. The van der Waals surface area contributed by atoms with Gasteiger partial charge in [0, 0.05) is 23.6 Å². The molecule has 1 saturated heterocycles. The largest absolute Gasteiger partial charge is 0.388 e. The van der Waals surface area contributed by atoms with Gasteiger partial charge < -0.3 is 10.0 Å². The lowest BCUT2D eigenvalue weighted by Gasteiger charge is -2.44. The molecule has 1 aliphatic carbocycles. The number of hydrogen-bond acceptors (Lipinski definition) is 3. The maximum Gasteiger partial charge on any atom is 0.225 e. The zero-order valence-electron chi connectivity index (χ0n) is 12.6. The molecule has 3 rings (SSSR count). The molecule has 1 saturated carbocycles. The molecule has 3 nitrogen and oxygen atoms in total. The first-order valence-electron chi connectivity index (χ1n) is 8.00. The minimum absolute atomic E-state index is 0.00559. The molecule has 1 aliphatic heterocycles. The molecule has 22 heavy (non-hydrogen) atoms. The summed E-state index contributed by atoms with van der Waals surface area (Å²) in [5.41, 5.74) is 0.472. The van der Waals surface area contributed by atoms with Crippen LogP contribution in [-0.2, 0) is 4.79 Å². The van der Waals surface area contributed by atoms with E-state index in [-0.39, 0.29) is 18.1 Å². The molecule has 3 atom stereocenters. The number of carbonyl (C=O) groups excluding carboxylic acids is 1. The lowest BCUT2D eigenvalue weighted by molar-refractivity contribution is -0.136. The van der Waals surface area contributed by atoms with E-state index in [1.54, 1.807) is 12.1 Å². The minimum Gasteiger partial charge on any atom is -0.388 e. The molecular weight excluding hydrogens is 301 g/mol. The highest BCUT2D eigenvalue weighted by atomic mass is 32.2. The number of amides is 1. The van der Waals surface area contributed by atoms with Crippen LogP contribution in [0.15, 0.2) is 24.3 Å². The van der Waals surface area contributed by atoms with Crippen LogP contribution in [0.2, 0.25) is 0 Å². The fourth-order valence-corrected chi connectivity index (χ4v) is 4.96. The molecule has 5 heteroatoms. The number of hydrogen-bond donors (Lipinski definition) is 1. The van der Waals surface area contributed by atoms with Gasteiger partial charge in [0.2, 0.25) is 5.91 Å². The van der Waals surface area contributed by atoms with Crippen LogP contribution in [0.3, 0.4) is 0 Å². The molecule has 1 N–H and O–H groups in total. The zero-order valence-corrected chi connectivity index (χ0v) is 13.4. The molecule has 1 heterocycles. The second kappa shape index (κ2) is 7.01. The summed E-state index contributed by atoms with van der Waals surface area (Å²) >= 11 is 1.98. The second-order valence-corrected chi connectivity index (χ2v) is 7.47. The third-order valence-corrected chi connectivity index (χ3v) is 6.05. The van der Waals surface area contributed by atoms with Crippen LogP contribution in [0, 0.1) is 5.82 Å². The molecule has 2 fully saturated rings. The van der Waals surface area contributed by atoms with Crippen LogP contribution >= 0.6 is 11.8 Å². The van der Waals surface area contributed by atoms with E-state index in [1.807, 2.05) is 16.7 Å². The van der Waals surface area contributed by atoms with E-state index in [4.69, 9.17) is 0 Å². The zero-order chi connectivity index (χ0) is 15.5. The lowest BCUT2D eigenvalue weighted by Crippen LogP contribution is -2.51. The van der Waals surface area contributed by atoms with Crippen LogP contribution < -0.4 is 0 Å². The molecule has 2 aliphatic rings. The Hall–Kier alpha value is -1.07. The van der Waals surface area contributed by atoms with Crippen molar-refractivity contribution in [2.75, 3.05) is 12.3 Å². The lowest BCUT2D eigenvalue weighted by atomic mass is 9.92. The summed E-state index contributed by atoms with van der Waals surface area (Å²) < 4.78 is 13.2. The maximum absolute atomic E-state index is 13.2. The molecule has 0 bridgehead atoms. The standard InChI is InChI=1S/C17H22FNO2S/c18-13-5-3-4-12(10-13)15(20)11-17(21)19-8-9-22-16-7-2-1-6-14(16)19/h3-5,10,14-16,20H,1-2,6-9,11H2. The number of aliphatic hydroxyl groups excluding tert-OH is 1. The first-order valence-corrected chi connectivity index (χ1v) is 9.04. The fraction of sp³-hybridized carbons (Fsp3) is 0.588. The normalized spacial score (nSPS) is 26.4. The van der Waals surface area contributed by atoms with Crippen molar-refractivity contribution in [1.82, 2.24) is 4.90 Å². The molecule has 1 aromatic rings. The molecule has 0 aromatic heterocycles. The van der Waals surface area contributed by atoms with Gasteiger partial charge in [0.1, 0.15) is 5.82 Å². The number of rotatable bonds is 3. The Labute approximate surface area is 134 Å². The predicted octanol–water partition coefficient (Wildman–Crippen LogP) is 3.14. The molecule has 3 unspecified atom stereocenters. The topological polar surface area (TPSA) is 40.5 Å². The van der Waals surface area contributed by atoms with E-state index >= 15 is 0 Å². The number of nitrogens with zero attached hydrogens (tertiary/aromatic N) is 1. The number of halogens is 1. The van der Waals surface area contributed by atoms with Crippen LogP contribution in [-0.4, -0.2) is 39.5 Å². The Bertz CT molecular complexity index is 537. The van der Waals surface area contributed by atoms with Crippen LogP contribution in [0.5, 0.6) is 0 Å².